The van der Waals surface area contributed by atoms with Crippen LogP contribution in [-0.2, 0) is 6.42 Å². The van der Waals surface area contributed by atoms with Gasteiger partial charge in [-0.2, -0.15) is 0 Å². The zero-order valence-electron chi connectivity index (χ0n) is 15.2. The van der Waals surface area contributed by atoms with Gasteiger partial charge in [-0.15, -0.1) is 0 Å². The van der Waals surface area contributed by atoms with E-state index in [0.717, 1.165) is 6.42 Å². The lowest BCUT2D eigenvalue weighted by Crippen LogP contribution is -2.05. The molecule has 0 fully saturated rings. The predicted octanol–water partition coefficient (Wildman–Crippen LogP) is 7.70. The molecule has 0 amide bonds. The highest BCUT2D eigenvalue weighted by Crippen LogP contribution is 2.55. The van der Waals surface area contributed by atoms with Gasteiger partial charge in [0.15, 0.2) is 0 Å². The van der Waals surface area contributed by atoms with Crippen molar-refractivity contribution in [1.29, 1.82) is 0 Å². The SMILES string of the molecule is c1ccc2c(c1)Cc1cccc3c1c-2c1c2c(cccc23)Sc2ccccc2-1. The lowest BCUT2D eigenvalue weighted by Gasteiger charge is -2.29. The summed E-state index contributed by atoms with van der Waals surface area (Å²) in [4.78, 5) is 2.73. The van der Waals surface area contributed by atoms with E-state index in [2.05, 4.69) is 84.9 Å². The third-order valence-electron chi connectivity index (χ3n) is 6.26. The molecule has 1 heteroatoms. The van der Waals surface area contributed by atoms with Gasteiger partial charge in [0.2, 0.25) is 0 Å². The summed E-state index contributed by atoms with van der Waals surface area (Å²) < 4.78 is 0. The Kier molecular flexibility index (Phi) is 2.82. The van der Waals surface area contributed by atoms with Crippen LogP contribution in [0.5, 0.6) is 0 Å². The van der Waals surface area contributed by atoms with Gasteiger partial charge >= 0.3 is 0 Å². The van der Waals surface area contributed by atoms with E-state index in [9.17, 15) is 0 Å². The van der Waals surface area contributed by atoms with Crippen molar-refractivity contribution in [2.75, 3.05) is 0 Å². The fraction of sp³-hybridized carbons (Fsp3) is 0.0370. The Hall–Kier alpha value is -3.03. The normalized spacial score (nSPS) is 13.4. The molecule has 1 heterocycles. The summed E-state index contributed by atoms with van der Waals surface area (Å²) in [5.74, 6) is 0. The largest absolute Gasteiger partial charge is 0.0888 e. The van der Waals surface area contributed by atoms with Crippen LogP contribution in [0.4, 0.5) is 0 Å². The molecule has 0 saturated heterocycles. The van der Waals surface area contributed by atoms with Crippen molar-refractivity contribution in [1.82, 2.24) is 0 Å². The number of hydrogen-bond donors (Lipinski definition) is 0. The minimum absolute atomic E-state index is 1.02. The molecule has 28 heavy (non-hydrogen) atoms. The molecule has 1 aliphatic heterocycles. The molecule has 0 N–H and O–H groups in total. The minimum Gasteiger partial charge on any atom is -0.0888 e. The van der Waals surface area contributed by atoms with E-state index in [4.69, 9.17) is 0 Å². The summed E-state index contributed by atoms with van der Waals surface area (Å²) in [6.07, 6.45) is 1.02. The predicted molar refractivity (Wildman–Crippen MR) is 119 cm³/mol. The first-order valence-corrected chi connectivity index (χ1v) is 10.6. The average Bonchev–Trinajstić information content (AvgIpc) is 2.75. The Morgan fingerprint density at radius 3 is 2.07 bits per heavy atom. The van der Waals surface area contributed by atoms with E-state index in [1.807, 2.05) is 11.8 Å². The lowest BCUT2D eigenvalue weighted by molar-refractivity contribution is 1.20. The van der Waals surface area contributed by atoms with E-state index in [1.54, 1.807) is 0 Å². The average molecular weight is 372 g/mol. The first-order chi connectivity index (χ1) is 13.9. The van der Waals surface area contributed by atoms with Crippen LogP contribution in [0.15, 0.2) is 94.7 Å². The summed E-state index contributed by atoms with van der Waals surface area (Å²) in [5, 5.41) is 5.64. The fourth-order valence-electron chi connectivity index (χ4n) is 5.16. The maximum absolute atomic E-state index is 2.31. The van der Waals surface area contributed by atoms with E-state index in [1.165, 1.54) is 64.7 Å². The van der Waals surface area contributed by atoms with Crippen molar-refractivity contribution in [3.05, 3.63) is 96.1 Å². The van der Waals surface area contributed by atoms with Crippen LogP contribution >= 0.6 is 11.8 Å². The van der Waals surface area contributed by atoms with Gasteiger partial charge in [0, 0.05) is 20.7 Å². The topological polar surface area (TPSA) is 0 Å². The third kappa shape index (κ3) is 1.78. The highest BCUT2D eigenvalue weighted by molar-refractivity contribution is 7.99. The maximum Gasteiger partial charge on any atom is 0.0207 e. The van der Waals surface area contributed by atoms with Crippen LogP contribution in [0, 0.1) is 0 Å². The molecular formula is C27H16S. The lowest BCUT2D eigenvalue weighted by atomic mass is 9.77. The monoisotopic (exact) mass is 372 g/mol. The maximum atomic E-state index is 2.31. The van der Waals surface area contributed by atoms with Crippen LogP contribution in [0.1, 0.15) is 11.1 Å². The smallest absolute Gasteiger partial charge is 0.0207 e. The van der Waals surface area contributed by atoms with Crippen molar-refractivity contribution in [2.24, 2.45) is 0 Å². The molecule has 0 bridgehead atoms. The molecule has 5 aromatic rings. The van der Waals surface area contributed by atoms with Crippen LogP contribution in [0.3, 0.4) is 0 Å². The van der Waals surface area contributed by atoms with Crippen molar-refractivity contribution in [3.8, 4) is 22.3 Å². The van der Waals surface area contributed by atoms with Crippen molar-refractivity contribution in [2.45, 2.75) is 16.2 Å². The second kappa shape index (κ2) is 5.27. The molecule has 0 unspecified atom stereocenters. The molecule has 0 atom stereocenters. The van der Waals surface area contributed by atoms with E-state index in [-0.39, 0.29) is 0 Å². The molecule has 0 radical (unpaired) electrons. The number of hydrogen-bond acceptors (Lipinski definition) is 1. The summed E-state index contributed by atoms with van der Waals surface area (Å²) >= 11 is 1.91. The van der Waals surface area contributed by atoms with E-state index < -0.39 is 0 Å². The summed E-state index contributed by atoms with van der Waals surface area (Å²) in [6.45, 7) is 0. The van der Waals surface area contributed by atoms with E-state index in [0.29, 0.717) is 0 Å². The quantitative estimate of drug-likeness (QED) is 0.246. The van der Waals surface area contributed by atoms with Crippen LogP contribution < -0.4 is 0 Å². The minimum atomic E-state index is 1.02. The molecule has 1 aliphatic carbocycles. The van der Waals surface area contributed by atoms with Gasteiger partial charge in [-0.05, 0) is 62.5 Å². The highest BCUT2D eigenvalue weighted by atomic mass is 32.2. The summed E-state index contributed by atoms with van der Waals surface area (Å²) in [7, 11) is 0. The van der Waals surface area contributed by atoms with Crippen LogP contribution in [0.2, 0.25) is 0 Å². The zero-order chi connectivity index (χ0) is 18.2. The first kappa shape index (κ1) is 15.0. The van der Waals surface area contributed by atoms with Gasteiger partial charge in [0.05, 0.1) is 0 Å². The second-order valence-electron chi connectivity index (χ2n) is 7.70. The fourth-order valence-corrected chi connectivity index (χ4v) is 6.28. The molecule has 5 aromatic carbocycles. The van der Waals surface area contributed by atoms with Gasteiger partial charge in [-0.3, -0.25) is 0 Å². The molecule has 0 nitrogen and oxygen atoms in total. The van der Waals surface area contributed by atoms with Crippen molar-refractivity contribution < 1.29 is 0 Å². The molecule has 7 rings (SSSR count). The number of benzene rings is 5. The molecule has 2 aliphatic rings. The summed E-state index contributed by atoms with van der Waals surface area (Å²) in [6, 6.07) is 31.5. The molecule has 130 valence electrons. The molecular weight excluding hydrogens is 356 g/mol. The van der Waals surface area contributed by atoms with Gasteiger partial charge in [0.25, 0.3) is 0 Å². The van der Waals surface area contributed by atoms with Gasteiger partial charge in [-0.25, -0.2) is 0 Å². The Labute approximate surface area is 167 Å². The van der Waals surface area contributed by atoms with Gasteiger partial charge < -0.3 is 0 Å². The second-order valence-corrected chi connectivity index (χ2v) is 8.78. The van der Waals surface area contributed by atoms with Crippen molar-refractivity contribution in [3.63, 3.8) is 0 Å². The zero-order valence-corrected chi connectivity index (χ0v) is 16.0. The number of fused-ring (bicyclic) bond motifs is 6. The standard InChI is InChI=1S/C27H16S/c1-2-9-18-16(7-1)15-17-8-5-11-19-20-12-6-14-23-25(20)27(26(18)24(17)19)21-10-3-4-13-22(21)28-23/h1-14H,15H2. The van der Waals surface area contributed by atoms with Crippen LogP contribution in [0.25, 0.3) is 43.8 Å². The Morgan fingerprint density at radius 2 is 1.14 bits per heavy atom. The van der Waals surface area contributed by atoms with Crippen molar-refractivity contribution >= 4 is 33.3 Å². The third-order valence-corrected chi connectivity index (χ3v) is 7.40. The molecule has 0 saturated carbocycles. The Bertz CT molecular complexity index is 1350. The Morgan fingerprint density at radius 1 is 0.500 bits per heavy atom. The van der Waals surface area contributed by atoms with Gasteiger partial charge in [0.1, 0.15) is 0 Å². The Balaban J connectivity index is 1.84. The summed E-state index contributed by atoms with van der Waals surface area (Å²) in [5.41, 5.74) is 8.52. The van der Waals surface area contributed by atoms with Crippen LogP contribution in [-0.4, -0.2) is 0 Å². The first-order valence-electron chi connectivity index (χ1n) is 9.76. The van der Waals surface area contributed by atoms with Gasteiger partial charge in [-0.1, -0.05) is 84.6 Å². The molecule has 0 aromatic heterocycles. The molecule has 0 spiro atoms. The van der Waals surface area contributed by atoms with E-state index >= 15 is 0 Å². The highest BCUT2D eigenvalue weighted by Gasteiger charge is 2.28. The number of rotatable bonds is 0.